The summed E-state index contributed by atoms with van der Waals surface area (Å²) >= 11 is 0. The molecule has 0 spiro atoms. The largest absolute Gasteiger partial charge is 0.505 e. The number of nitrogens with zero attached hydrogens (tertiary/aromatic N) is 2. The van der Waals surface area contributed by atoms with Gasteiger partial charge in [0.2, 0.25) is 5.88 Å². The van der Waals surface area contributed by atoms with Crippen molar-refractivity contribution in [3.63, 3.8) is 0 Å². The molecule has 1 amide bonds. The number of nitrogens with one attached hydrogen (secondary N) is 1. The van der Waals surface area contributed by atoms with Crippen molar-refractivity contribution in [2.45, 2.75) is 25.0 Å². The number of aromatic nitrogens is 2. The van der Waals surface area contributed by atoms with E-state index in [0.29, 0.717) is 18.7 Å². The van der Waals surface area contributed by atoms with Gasteiger partial charge in [0.15, 0.2) is 5.69 Å². The van der Waals surface area contributed by atoms with E-state index < -0.39 is 5.91 Å². The maximum atomic E-state index is 12.5. The van der Waals surface area contributed by atoms with Gasteiger partial charge in [-0.15, -0.1) is 0 Å². The molecule has 7 heteroatoms. The molecule has 7 nitrogen and oxygen atoms in total. The average molecular weight is 329 g/mol. The Labute approximate surface area is 139 Å². The minimum Gasteiger partial charge on any atom is -0.505 e. The van der Waals surface area contributed by atoms with Crippen LogP contribution in [0.2, 0.25) is 0 Å². The van der Waals surface area contributed by atoms with Crippen LogP contribution in [0.5, 0.6) is 11.6 Å². The standard InChI is InChI=1S/C17H19N3O4/c1-24-14-5-4-10(9-19-14)15(11-7-12(21)8-11)20-17(23)16-13(22)3-2-6-18-16/h2-6,9,11-12,15,21-22H,7-8H2,1H3,(H,20,23). The van der Waals surface area contributed by atoms with E-state index in [4.69, 9.17) is 4.74 Å². The summed E-state index contributed by atoms with van der Waals surface area (Å²) in [6.45, 7) is 0. The number of carbonyl (C=O) groups is 1. The summed E-state index contributed by atoms with van der Waals surface area (Å²) in [6, 6.07) is 6.21. The summed E-state index contributed by atoms with van der Waals surface area (Å²) in [5, 5.41) is 22.3. The maximum absolute atomic E-state index is 12.5. The van der Waals surface area contributed by atoms with Gasteiger partial charge < -0.3 is 20.3 Å². The molecule has 0 saturated heterocycles. The molecule has 0 bridgehead atoms. The predicted molar refractivity (Wildman–Crippen MR) is 85.6 cm³/mol. The van der Waals surface area contributed by atoms with Gasteiger partial charge in [-0.25, -0.2) is 9.97 Å². The Balaban J connectivity index is 1.82. The molecule has 1 atom stereocenters. The number of rotatable bonds is 5. The molecule has 2 aromatic rings. The first-order chi connectivity index (χ1) is 11.6. The molecule has 0 aromatic carbocycles. The van der Waals surface area contributed by atoms with E-state index in [1.54, 1.807) is 18.3 Å². The third-order valence-corrected chi connectivity index (χ3v) is 4.24. The quantitative estimate of drug-likeness (QED) is 0.766. The summed E-state index contributed by atoms with van der Waals surface area (Å²) in [6.07, 6.45) is 3.96. The number of pyridine rings is 2. The number of aromatic hydroxyl groups is 1. The molecule has 3 rings (SSSR count). The summed E-state index contributed by atoms with van der Waals surface area (Å²) in [5.41, 5.74) is 0.792. The molecule has 1 aliphatic rings. The number of aliphatic hydroxyl groups is 1. The Morgan fingerprint density at radius 1 is 1.33 bits per heavy atom. The van der Waals surface area contributed by atoms with Crippen LogP contribution in [0.15, 0.2) is 36.7 Å². The van der Waals surface area contributed by atoms with Crippen LogP contribution >= 0.6 is 0 Å². The smallest absolute Gasteiger partial charge is 0.274 e. The van der Waals surface area contributed by atoms with Crippen LogP contribution in [0.3, 0.4) is 0 Å². The first-order valence-electron chi connectivity index (χ1n) is 7.71. The minimum absolute atomic E-state index is 0.0242. The lowest BCUT2D eigenvalue weighted by molar-refractivity contribution is 0.0233. The Morgan fingerprint density at radius 3 is 2.71 bits per heavy atom. The normalized spacial score (nSPS) is 20.8. The van der Waals surface area contributed by atoms with Gasteiger partial charge >= 0.3 is 0 Å². The second-order valence-corrected chi connectivity index (χ2v) is 5.84. The predicted octanol–water partition coefficient (Wildman–Crippen LogP) is 1.43. The number of carbonyl (C=O) groups excluding carboxylic acids is 1. The molecule has 2 aromatic heterocycles. The fraction of sp³-hybridized carbons (Fsp3) is 0.353. The van der Waals surface area contributed by atoms with Crippen LogP contribution < -0.4 is 10.1 Å². The van der Waals surface area contributed by atoms with Crippen molar-refractivity contribution in [3.05, 3.63) is 47.9 Å². The summed E-state index contributed by atoms with van der Waals surface area (Å²) < 4.78 is 5.05. The van der Waals surface area contributed by atoms with E-state index in [1.807, 2.05) is 6.07 Å². The molecular weight excluding hydrogens is 310 g/mol. The van der Waals surface area contributed by atoms with Gasteiger partial charge in [-0.1, -0.05) is 6.07 Å². The lowest BCUT2D eigenvalue weighted by Gasteiger charge is -2.38. The van der Waals surface area contributed by atoms with Gasteiger partial charge in [-0.2, -0.15) is 0 Å². The number of methoxy groups -OCH3 is 1. The zero-order chi connectivity index (χ0) is 17.1. The van der Waals surface area contributed by atoms with E-state index in [0.717, 1.165) is 5.56 Å². The Kier molecular flexibility index (Phi) is 4.61. The maximum Gasteiger partial charge on any atom is 0.274 e. The molecule has 0 aliphatic heterocycles. The monoisotopic (exact) mass is 329 g/mol. The van der Waals surface area contributed by atoms with Crippen molar-refractivity contribution in [2.24, 2.45) is 5.92 Å². The molecule has 126 valence electrons. The molecule has 3 N–H and O–H groups in total. The highest BCUT2D eigenvalue weighted by Crippen LogP contribution is 2.38. The third kappa shape index (κ3) is 3.30. The van der Waals surface area contributed by atoms with Gasteiger partial charge in [-0.3, -0.25) is 4.79 Å². The number of hydrogen-bond donors (Lipinski definition) is 3. The van der Waals surface area contributed by atoms with Crippen molar-refractivity contribution in [1.29, 1.82) is 0 Å². The molecule has 0 radical (unpaired) electrons. The van der Waals surface area contributed by atoms with Crippen molar-refractivity contribution in [3.8, 4) is 11.6 Å². The van der Waals surface area contributed by atoms with Gasteiger partial charge in [-0.05, 0) is 36.5 Å². The van der Waals surface area contributed by atoms with Crippen molar-refractivity contribution < 1.29 is 19.7 Å². The third-order valence-electron chi connectivity index (χ3n) is 4.24. The van der Waals surface area contributed by atoms with Crippen LogP contribution in [0.4, 0.5) is 0 Å². The minimum atomic E-state index is -0.463. The number of amides is 1. The second-order valence-electron chi connectivity index (χ2n) is 5.84. The first-order valence-corrected chi connectivity index (χ1v) is 7.71. The molecule has 1 saturated carbocycles. The van der Waals surface area contributed by atoms with Crippen molar-refractivity contribution in [1.82, 2.24) is 15.3 Å². The molecule has 1 unspecified atom stereocenters. The zero-order valence-electron chi connectivity index (χ0n) is 13.2. The summed E-state index contributed by atoms with van der Waals surface area (Å²) in [5.74, 6) is -0.0459. The van der Waals surface area contributed by atoms with Crippen molar-refractivity contribution in [2.75, 3.05) is 7.11 Å². The Bertz CT molecular complexity index is 714. The topological polar surface area (TPSA) is 105 Å². The van der Waals surface area contributed by atoms with Gasteiger partial charge in [0, 0.05) is 18.5 Å². The van der Waals surface area contributed by atoms with Crippen molar-refractivity contribution >= 4 is 5.91 Å². The van der Waals surface area contributed by atoms with Crippen LogP contribution in [-0.2, 0) is 0 Å². The van der Waals surface area contributed by atoms with Crippen LogP contribution in [0.25, 0.3) is 0 Å². The fourth-order valence-electron chi connectivity index (χ4n) is 2.85. The zero-order valence-corrected chi connectivity index (χ0v) is 13.2. The van der Waals surface area contributed by atoms with E-state index in [2.05, 4.69) is 15.3 Å². The van der Waals surface area contributed by atoms with Gasteiger partial charge in [0.05, 0.1) is 19.3 Å². The first kappa shape index (κ1) is 16.2. The van der Waals surface area contributed by atoms with Gasteiger partial charge in [0.25, 0.3) is 5.91 Å². The summed E-state index contributed by atoms with van der Waals surface area (Å²) in [7, 11) is 1.54. The second kappa shape index (κ2) is 6.84. The summed E-state index contributed by atoms with van der Waals surface area (Å²) in [4.78, 5) is 20.6. The highest BCUT2D eigenvalue weighted by atomic mass is 16.5. The SMILES string of the molecule is COc1ccc(C(NC(=O)c2ncccc2O)C2CC(O)C2)cn1. The van der Waals surface area contributed by atoms with Crippen LogP contribution in [-0.4, -0.2) is 39.3 Å². The number of hydrogen-bond acceptors (Lipinski definition) is 6. The fourth-order valence-corrected chi connectivity index (χ4v) is 2.85. The number of ether oxygens (including phenoxy) is 1. The Morgan fingerprint density at radius 2 is 2.12 bits per heavy atom. The number of aliphatic hydroxyl groups excluding tert-OH is 1. The lowest BCUT2D eigenvalue weighted by Crippen LogP contribution is -2.41. The van der Waals surface area contributed by atoms with E-state index in [9.17, 15) is 15.0 Å². The van der Waals surface area contributed by atoms with E-state index in [1.165, 1.54) is 19.4 Å². The van der Waals surface area contributed by atoms with Gasteiger partial charge in [0.1, 0.15) is 5.75 Å². The molecule has 24 heavy (non-hydrogen) atoms. The Hall–Kier alpha value is -2.67. The average Bonchev–Trinajstić information content (AvgIpc) is 2.57. The highest BCUT2D eigenvalue weighted by Gasteiger charge is 2.36. The van der Waals surface area contributed by atoms with Crippen LogP contribution in [0.1, 0.15) is 34.9 Å². The molecule has 1 aliphatic carbocycles. The highest BCUT2D eigenvalue weighted by molar-refractivity contribution is 5.95. The van der Waals surface area contributed by atoms with E-state index in [-0.39, 0.29) is 29.5 Å². The molecule has 1 fully saturated rings. The lowest BCUT2D eigenvalue weighted by atomic mass is 9.75. The molecular formula is C17H19N3O4. The van der Waals surface area contributed by atoms with Crippen LogP contribution in [0, 0.1) is 5.92 Å². The molecule has 2 heterocycles. The van der Waals surface area contributed by atoms with E-state index >= 15 is 0 Å².